The van der Waals surface area contributed by atoms with Crippen LogP contribution in [-0.2, 0) is 21.2 Å². The molecule has 0 heterocycles. The van der Waals surface area contributed by atoms with E-state index in [1.165, 1.54) is 38.5 Å². The maximum Gasteiger partial charge on any atom is 0.245 e. The van der Waals surface area contributed by atoms with Crippen molar-refractivity contribution in [2.24, 2.45) is 0 Å². The summed E-state index contributed by atoms with van der Waals surface area (Å²) in [6.07, 6.45) is 0.0949. The number of carbonyl (C=O) groups excluding carboxylic acids is 1. The zero-order chi connectivity index (χ0) is 24.0. The standard InChI is InChI=1S/C23H22Cl2N2O5S/c1-31-20-10-8-16(24)13-18(20)26-23(28)19(12-15-6-4-3-5-7-15)27-33(29,30)22-14-17(25)9-11-21(22)32-2/h3-11,13-14,19,27H,12H2,1-2H3,(H,26,28). The summed E-state index contributed by atoms with van der Waals surface area (Å²) in [4.78, 5) is 13.1. The summed E-state index contributed by atoms with van der Waals surface area (Å²) in [5, 5.41) is 3.30. The number of amides is 1. The normalized spacial score (nSPS) is 12.1. The van der Waals surface area contributed by atoms with Crippen LogP contribution in [0.2, 0.25) is 10.0 Å². The summed E-state index contributed by atoms with van der Waals surface area (Å²) in [5.74, 6) is -0.114. The minimum Gasteiger partial charge on any atom is -0.495 e. The average Bonchev–Trinajstić information content (AvgIpc) is 2.79. The van der Waals surface area contributed by atoms with Gasteiger partial charge in [-0.2, -0.15) is 4.72 Å². The summed E-state index contributed by atoms with van der Waals surface area (Å²) in [6.45, 7) is 0. The molecule has 10 heteroatoms. The third kappa shape index (κ3) is 6.39. The molecule has 0 saturated heterocycles. The number of benzene rings is 3. The van der Waals surface area contributed by atoms with Gasteiger partial charge in [-0.1, -0.05) is 53.5 Å². The Morgan fingerprint density at radius 1 is 0.909 bits per heavy atom. The van der Waals surface area contributed by atoms with Crippen molar-refractivity contribution in [2.45, 2.75) is 17.4 Å². The van der Waals surface area contributed by atoms with Crippen LogP contribution in [0.25, 0.3) is 0 Å². The van der Waals surface area contributed by atoms with Crippen LogP contribution in [-0.4, -0.2) is 34.6 Å². The van der Waals surface area contributed by atoms with Crippen molar-refractivity contribution >= 4 is 44.8 Å². The Morgan fingerprint density at radius 3 is 2.15 bits per heavy atom. The van der Waals surface area contributed by atoms with Crippen molar-refractivity contribution < 1.29 is 22.7 Å². The molecule has 0 aromatic heterocycles. The van der Waals surface area contributed by atoms with Gasteiger partial charge in [-0.25, -0.2) is 8.42 Å². The van der Waals surface area contributed by atoms with Gasteiger partial charge >= 0.3 is 0 Å². The molecule has 3 aromatic rings. The fourth-order valence-corrected chi connectivity index (χ4v) is 4.95. The van der Waals surface area contributed by atoms with Gasteiger partial charge in [0.25, 0.3) is 0 Å². The lowest BCUT2D eigenvalue weighted by Gasteiger charge is -2.20. The molecule has 2 N–H and O–H groups in total. The Morgan fingerprint density at radius 2 is 1.52 bits per heavy atom. The molecule has 0 spiro atoms. The number of hydrogen-bond acceptors (Lipinski definition) is 5. The van der Waals surface area contributed by atoms with E-state index in [9.17, 15) is 13.2 Å². The highest BCUT2D eigenvalue weighted by molar-refractivity contribution is 7.89. The average molecular weight is 509 g/mol. The van der Waals surface area contributed by atoms with Gasteiger partial charge in [0.15, 0.2) is 0 Å². The number of sulfonamides is 1. The number of methoxy groups -OCH3 is 2. The van der Waals surface area contributed by atoms with Crippen molar-refractivity contribution in [3.05, 3.63) is 82.3 Å². The molecule has 0 radical (unpaired) electrons. The molecule has 3 rings (SSSR count). The van der Waals surface area contributed by atoms with Crippen molar-refractivity contribution in [3.8, 4) is 11.5 Å². The highest BCUT2D eigenvalue weighted by Crippen LogP contribution is 2.29. The molecule has 0 bridgehead atoms. The molecule has 0 aliphatic heterocycles. The molecule has 3 aromatic carbocycles. The summed E-state index contributed by atoms with van der Waals surface area (Å²) in [5.41, 5.74) is 1.07. The van der Waals surface area contributed by atoms with Gasteiger partial charge in [0.05, 0.1) is 19.9 Å². The quantitative estimate of drug-likeness (QED) is 0.442. The zero-order valence-corrected chi connectivity index (χ0v) is 20.2. The first-order valence-corrected chi connectivity index (χ1v) is 12.0. The third-order valence-electron chi connectivity index (χ3n) is 4.73. The van der Waals surface area contributed by atoms with Crippen molar-refractivity contribution in [3.63, 3.8) is 0 Å². The van der Waals surface area contributed by atoms with Crippen LogP contribution in [0, 0.1) is 0 Å². The lowest BCUT2D eigenvalue weighted by Crippen LogP contribution is -2.45. The van der Waals surface area contributed by atoms with E-state index in [2.05, 4.69) is 10.0 Å². The van der Waals surface area contributed by atoms with E-state index in [4.69, 9.17) is 32.7 Å². The Balaban J connectivity index is 1.96. The second-order valence-electron chi connectivity index (χ2n) is 6.99. The minimum absolute atomic E-state index is 0.0949. The van der Waals surface area contributed by atoms with Gasteiger partial charge < -0.3 is 14.8 Å². The number of ether oxygens (including phenoxy) is 2. The molecular weight excluding hydrogens is 487 g/mol. The van der Waals surface area contributed by atoms with E-state index < -0.39 is 22.0 Å². The van der Waals surface area contributed by atoms with Gasteiger partial charge in [0, 0.05) is 10.0 Å². The highest BCUT2D eigenvalue weighted by Gasteiger charge is 2.29. The van der Waals surface area contributed by atoms with E-state index in [1.54, 1.807) is 36.4 Å². The van der Waals surface area contributed by atoms with Crippen LogP contribution < -0.4 is 19.5 Å². The van der Waals surface area contributed by atoms with Gasteiger partial charge in [0.1, 0.15) is 22.4 Å². The Hall–Kier alpha value is -2.78. The second-order valence-corrected chi connectivity index (χ2v) is 9.55. The molecule has 0 saturated carbocycles. The number of halogens is 2. The van der Waals surface area contributed by atoms with Crippen molar-refractivity contribution in [1.82, 2.24) is 4.72 Å². The monoisotopic (exact) mass is 508 g/mol. The molecule has 33 heavy (non-hydrogen) atoms. The first-order chi connectivity index (χ1) is 15.7. The molecule has 1 unspecified atom stereocenters. The lowest BCUT2D eigenvalue weighted by molar-refractivity contribution is -0.117. The van der Waals surface area contributed by atoms with Gasteiger partial charge in [-0.05, 0) is 48.4 Å². The summed E-state index contributed by atoms with van der Waals surface area (Å²) >= 11 is 12.1. The summed E-state index contributed by atoms with van der Waals surface area (Å²) in [6, 6.07) is 16.8. The largest absolute Gasteiger partial charge is 0.495 e. The molecule has 0 aliphatic rings. The SMILES string of the molecule is COc1ccc(Cl)cc1NC(=O)C(Cc1ccccc1)NS(=O)(=O)c1cc(Cl)ccc1OC. The van der Waals surface area contributed by atoms with Crippen LogP contribution in [0.4, 0.5) is 5.69 Å². The molecular formula is C23H22Cl2N2O5S. The van der Waals surface area contributed by atoms with Crippen LogP contribution in [0.15, 0.2) is 71.6 Å². The topological polar surface area (TPSA) is 93.7 Å². The van der Waals surface area contributed by atoms with E-state index in [0.29, 0.717) is 16.5 Å². The predicted octanol–water partition coefficient (Wildman–Crippen LogP) is 4.54. The summed E-state index contributed by atoms with van der Waals surface area (Å²) in [7, 11) is -1.38. The van der Waals surface area contributed by atoms with E-state index in [1.807, 2.05) is 6.07 Å². The molecule has 1 amide bonds. The van der Waals surface area contributed by atoms with Crippen molar-refractivity contribution in [1.29, 1.82) is 0 Å². The maximum atomic E-state index is 13.2. The van der Waals surface area contributed by atoms with E-state index >= 15 is 0 Å². The van der Waals surface area contributed by atoms with Gasteiger partial charge in [-0.15, -0.1) is 0 Å². The molecule has 0 aliphatic carbocycles. The van der Waals surface area contributed by atoms with E-state index in [0.717, 1.165) is 5.56 Å². The van der Waals surface area contributed by atoms with Crippen LogP contribution in [0.1, 0.15) is 5.56 Å². The summed E-state index contributed by atoms with van der Waals surface area (Å²) < 4.78 is 39.4. The number of nitrogens with one attached hydrogen (secondary N) is 2. The van der Waals surface area contributed by atoms with Crippen molar-refractivity contribution in [2.75, 3.05) is 19.5 Å². The number of rotatable bonds is 9. The Bertz CT molecular complexity index is 1240. The van der Waals surface area contributed by atoms with Crippen LogP contribution in [0.3, 0.4) is 0 Å². The predicted molar refractivity (Wildman–Crippen MR) is 129 cm³/mol. The third-order valence-corrected chi connectivity index (χ3v) is 6.69. The molecule has 174 valence electrons. The smallest absolute Gasteiger partial charge is 0.245 e. The first kappa shape index (κ1) is 24.9. The number of anilines is 1. The van der Waals surface area contributed by atoms with Gasteiger partial charge in [-0.3, -0.25) is 4.79 Å². The van der Waals surface area contributed by atoms with Crippen LogP contribution in [0.5, 0.6) is 11.5 Å². The molecule has 1 atom stereocenters. The first-order valence-electron chi connectivity index (χ1n) is 9.77. The van der Waals surface area contributed by atoms with E-state index in [-0.39, 0.29) is 22.1 Å². The molecule has 0 fully saturated rings. The number of hydrogen-bond donors (Lipinski definition) is 2. The minimum atomic E-state index is -4.18. The zero-order valence-electron chi connectivity index (χ0n) is 17.8. The fourth-order valence-electron chi connectivity index (χ4n) is 3.15. The fraction of sp³-hybridized carbons (Fsp3) is 0.174. The maximum absolute atomic E-state index is 13.2. The lowest BCUT2D eigenvalue weighted by atomic mass is 10.1. The molecule has 7 nitrogen and oxygen atoms in total. The Kier molecular flexibility index (Phi) is 8.20. The number of carbonyl (C=O) groups is 1. The second kappa shape index (κ2) is 10.9. The highest BCUT2D eigenvalue weighted by atomic mass is 35.5. The van der Waals surface area contributed by atoms with Crippen LogP contribution >= 0.6 is 23.2 Å². The Labute approximate surface area is 202 Å². The van der Waals surface area contributed by atoms with Gasteiger partial charge in [0.2, 0.25) is 15.9 Å².